The van der Waals surface area contributed by atoms with Gasteiger partial charge in [-0.05, 0) is 17.7 Å². The minimum absolute atomic E-state index is 0.225. The average Bonchev–Trinajstić information content (AvgIpc) is 2.60. The van der Waals surface area contributed by atoms with Crippen LogP contribution in [0.5, 0.6) is 0 Å². The summed E-state index contributed by atoms with van der Waals surface area (Å²) in [7, 11) is 1.50. The Bertz CT molecular complexity index is 849. The van der Waals surface area contributed by atoms with Crippen LogP contribution in [0.4, 0.5) is 17.1 Å². The third kappa shape index (κ3) is 2.59. The second-order valence-electron chi connectivity index (χ2n) is 5.13. The van der Waals surface area contributed by atoms with Crippen LogP contribution in [0.1, 0.15) is 17.4 Å². The molecule has 0 spiro atoms. The van der Waals surface area contributed by atoms with E-state index < -0.39 is 16.1 Å². The molecule has 0 saturated carbocycles. The lowest BCUT2D eigenvalue weighted by atomic mass is 10.0. The lowest BCUT2D eigenvalue weighted by Gasteiger charge is -2.33. The predicted molar refractivity (Wildman–Crippen MR) is 87.5 cm³/mol. The first-order valence-corrected chi connectivity index (χ1v) is 7.04. The predicted octanol–water partition coefficient (Wildman–Crippen LogP) is 3.64. The molecule has 1 unspecified atom stereocenters. The molecular formula is C16H13N3O5. The van der Waals surface area contributed by atoms with Crippen molar-refractivity contribution in [3.05, 3.63) is 80.0 Å². The van der Waals surface area contributed by atoms with Crippen LogP contribution in [0.15, 0.2) is 48.7 Å². The SMILES string of the molecule is COC1c2ccccc2C=CN1c1ccc([N+](=O)[O-])cc1[N+](=O)[O-]. The maximum Gasteiger partial charge on any atom is 0.299 e. The first kappa shape index (κ1) is 15.6. The number of benzene rings is 2. The Labute approximate surface area is 136 Å². The minimum atomic E-state index is -0.661. The van der Waals surface area contributed by atoms with E-state index in [1.54, 1.807) is 11.1 Å². The summed E-state index contributed by atoms with van der Waals surface area (Å²) in [6.45, 7) is 0. The number of hydrogen-bond donors (Lipinski definition) is 0. The normalized spacial score (nSPS) is 15.9. The monoisotopic (exact) mass is 327 g/mol. The molecular weight excluding hydrogens is 314 g/mol. The van der Waals surface area contributed by atoms with E-state index in [1.165, 1.54) is 19.2 Å². The molecule has 0 radical (unpaired) electrons. The summed E-state index contributed by atoms with van der Waals surface area (Å²) in [5.41, 5.74) is 1.35. The van der Waals surface area contributed by atoms with Crippen LogP contribution < -0.4 is 4.90 Å². The topological polar surface area (TPSA) is 98.8 Å². The van der Waals surface area contributed by atoms with Crippen molar-refractivity contribution in [3.63, 3.8) is 0 Å². The molecule has 1 aliphatic heterocycles. The largest absolute Gasteiger partial charge is 0.357 e. The van der Waals surface area contributed by atoms with Gasteiger partial charge in [-0.3, -0.25) is 20.2 Å². The van der Waals surface area contributed by atoms with Crippen molar-refractivity contribution < 1.29 is 14.6 Å². The fraction of sp³-hybridized carbons (Fsp3) is 0.125. The highest BCUT2D eigenvalue weighted by Gasteiger charge is 2.30. The number of rotatable bonds is 4. The van der Waals surface area contributed by atoms with E-state index in [0.717, 1.165) is 17.2 Å². The van der Waals surface area contributed by atoms with Crippen molar-refractivity contribution in [1.29, 1.82) is 0 Å². The van der Waals surface area contributed by atoms with Crippen LogP contribution in [0.2, 0.25) is 0 Å². The Morgan fingerprint density at radius 1 is 1.08 bits per heavy atom. The zero-order valence-electron chi connectivity index (χ0n) is 12.7. The van der Waals surface area contributed by atoms with Gasteiger partial charge in [-0.15, -0.1) is 0 Å². The summed E-state index contributed by atoms with van der Waals surface area (Å²) in [5, 5.41) is 22.2. The molecule has 0 amide bonds. The van der Waals surface area contributed by atoms with E-state index in [4.69, 9.17) is 4.74 Å². The molecule has 0 fully saturated rings. The van der Waals surface area contributed by atoms with E-state index in [0.29, 0.717) is 0 Å². The highest BCUT2D eigenvalue weighted by atomic mass is 16.6. The lowest BCUT2D eigenvalue weighted by Crippen LogP contribution is -2.28. The van der Waals surface area contributed by atoms with Crippen LogP contribution in [-0.4, -0.2) is 17.0 Å². The molecule has 1 atom stereocenters. The van der Waals surface area contributed by atoms with Crippen molar-refractivity contribution >= 4 is 23.1 Å². The zero-order valence-corrected chi connectivity index (χ0v) is 12.7. The van der Waals surface area contributed by atoms with Gasteiger partial charge >= 0.3 is 0 Å². The second-order valence-corrected chi connectivity index (χ2v) is 5.13. The lowest BCUT2D eigenvalue weighted by molar-refractivity contribution is -0.393. The quantitative estimate of drug-likeness (QED) is 0.628. The van der Waals surface area contributed by atoms with Crippen molar-refractivity contribution in [1.82, 2.24) is 0 Å². The Kier molecular flexibility index (Phi) is 3.97. The number of methoxy groups -OCH3 is 1. The summed E-state index contributed by atoms with van der Waals surface area (Å²) >= 11 is 0. The number of anilines is 1. The maximum atomic E-state index is 11.4. The fourth-order valence-corrected chi connectivity index (χ4v) is 2.71. The molecule has 1 aliphatic rings. The highest BCUT2D eigenvalue weighted by molar-refractivity contribution is 5.73. The first-order valence-electron chi connectivity index (χ1n) is 7.04. The van der Waals surface area contributed by atoms with E-state index in [-0.39, 0.29) is 17.1 Å². The van der Waals surface area contributed by atoms with Crippen LogP contribution in [0.25, 0.3) is 6.08 Å². The molecule has 0 aromatic heterocycles. The number of fused-ring (bicyclic) bond motifs is 1. The van der Waals surface area contributed by atoms with Crippen molar-refractivity contribution in [2.24, 2.45) is 0 Å². The van der Waals surface area contributed by atoms with E-state index in [1.807, 2.05) is 30.3 Å². The molecule has 0 N–H and O–H groups in total. The Morgan fingerprint density at radius 2 is 1.83 bits per heavy atom. The van der Waals surface area contributed by atoms with Gasteiger partial charge in [0, 0.05) is 24.9 Å². The molecule has 0 bridgehead atoms. The molecule has 1 heterocycles. The van der Waals surface area contributed by atoms with Crippen LogP contribution in [0.3, 0.4) is 0 Å². The standard InChI is InChI=1S/C16H13N3O5/c1-24-16-13-5-3-2-4-11(13)8-9-17(16)14-7-6-12(18(20)21)10-15(14)19(22)23/h2-10,16H,1H3. The van der Waals surface area contributed by atoms with Gasteiger partial charge in [0.2, 0.25) is 0 Å². The summed E-state index contributed by atoms with van der Waals surface area (Å²) < 4.78 is 5.52. The third-order valence-electron chi connectivity index (χ3n) is 3.80. The molecule has 2 aromatic carbocycles. The van der Waals surface area contributed by atoms with E-state index in [9.17, 15) is 20.2 Å². The summed E-state index contributed by atoms with van der Waals surface area (Å²) in [4.78, 5) is 22.5. The van der Waals surface area contributed by atoms with Gasteiger partial charge in [-0.2, -0.15) is 0 Å². The fourth-order valence-electron chi connectivity index (χ4n) is 2.71. The maximum absolute atomic E-state index is 11.4. The zero-order chi connectivity index (χ0) is 17.3. The third-order valence-corrected chi connectivity index (χ3v) is 3.80. The van der Waals surface area contributed by atoms with Gasteiger partial charge in [-0.1, -0.05) is 24.3 Å². The first-order chi connectivity index (χ1) is 11.5. The number of nitro groups is 2. The van der Waals surface area contributed by atoms with E-state index >= 15 is 0 Å². The van der Waals surface area contributed by atoms with Crippen molar-refractivity contribution in [2.45, 2.75) is 6.23 Å². The number of nitrogens with zero attached hydrogens (tertiary/aromatic N) is 3. The number of nitro benzene ring substituents is 2. The van der Waals surface area contributed by atoms with Crippen LogP contribution >= 0.6 is 0 Å². The molecule has 122 valence electrons. The smallest absolute Gasteiger partial charge is 0.299 e. The van der Waals surface area contributed by atoms with Crippen molar-refractivity contribution in [2.75, 3.05) is 12.0 Å². The second kappa shape index (κ2) is 6.09. The molecule has 3 rings (SSSR count). The number of hydrogen-bond acceptors (Lipinski definition) is 6. The summed E-state index contributed by atoms with van der Waals surface area (Å²) in [5.74, 6) is 0. The van der Waals surface area contributed by atoms with Gasteiger partial charge in [0.15, 0.2) is 6.23 Å². The molecule has 8 nitrogen and oxygen atoms in total. The Hall–Kier alpha value is -3.26. The molecule has 24 heavy (non-hydrogen) atoms. The highest BCUT2D eigenvalue weighted by Crippen LogP contribution is 2.40. The van der Waals surface area contributed by atoms with E-state index in [2.05, 4.69) is 0 Å². The van der Waals surface area contributed by atoms with Gasteiger partial charge in [-0.25, -0.2) is 0 Å². The summed E-state index contributed by atoms with van der Waals surface area (Å²) in [6, 6.07) is 11.1. The molecule has 0 aliphatic carbocycles. The van der Waals surface area contributed by atoms with Gasteiger partial charge < -0.3 is 9.64 Å². The summed E-state index contributed by atoms with van der Waals surface area (Å²) in [6.07, 6.45) is 2.92. The minimum Gasteiger partial charge on any atom is -0.357 e. The van der Waals surface area contributed by atoms with Gasteiger partial charge in [0.1, 0.15) is 5.69 Å². The van der Waals surface area contributed by atoms with Crippen LogP contribution in [0, 0.1) is 20.2 Å². The Balaban J connectivity index is 2.12. The number of non-ortho nitro benzene ring substituents is 1. The molecule has 0 saturated heterocycles. The van der Waals surface area contributed by atoms with Gasteiger partial charge in [0.05, 0.1) is 15.9 Å². The van der Waals surface area contributed by atoms with Crippen LogP contribution in [-0.2, 0) is 4.74 Å². The molecule has 8 heteroatoms. The van der Waals surface area contributed by atoms with Crippen molar-refractivity contribution in [3.8, 4) is 0 Å². The Morgan fingerprint density at radius 3 is 2.50 bits per heavy atom. The molecule has 2 aromatic rings. The average molecular weight is 327 g/mol. The van der Waals surface area contributed by atoms with Gasteiger partial charge in [0.25, 0.3) is 11.4 Å². The number of ether oxygens (including phenoxy) is 1.